The van der Waals surface area contributed by atoms with Gasteiger partial charge in [0.2, 0.25) is 5.91 Å². The van der Waals surface area contributed by atoms with Crippen molar-refractivity contribution in [2.45, 2.75) is 45.3 Å². The van der Waals surface area contributed by atoms with Gasteiger partial charge < -0.3 is 4.90 Å². The van der Waals surface area contributed by atoms with E-state index in [4.69, 9.17) is 0 Å². The Morgan fingerprint density at radius 1 is 1.48 bits per heavy atom. The van der Waals surface area contributed by atoms with Gasteiger partial charge in [0.1, 0.15) is 5.41 Å². The van der Waals surface area contributed by atoms with Gasteiger partial charge in [-0.05, 0) is 44.4 Å². The maximum atomic E-state index is 13.0. The molecule has 1 saturated carbocycles. The van der Waals surface area contributed by atoms with Crippen molar-refractivity contribution in [2.24, 2.45) is 5.41 Å². The van der Waals surface area contributed by atoms with Crippen LogP contribution < -0.4 is 0 Å². The van der Waals surface area contributed by atoms with Crippen molar-refractivity contribution in [3.63, 3.8) is 0 Å². The van der Waals surface area contributed by atoms with Crippen LogP contribution in [0.2, 0.25) is 0 Å². The molecule has 0 bridgehead atoms. The van der Waals surface area contributed by atoms with Crippen molar-refractivity contribution in [3.8, 4) is 0 Å². The number of aromatic nitrogens is 1. The van der Waals surface area contributed by atoms with E-state index < -0.39 is 17.5 Å². The molecule has 1 aliphatic rings. The molecule has 0 N–H and O–H groups in total. The molecule has 0 spiro atoms. The van der Waals surface area contributed by atoms with Gasteiger partial charge in [-0.1, -0.05) is 0 Å². The summed E-state index contributed by atoms with van der Waals surface area (Å²) in [5, 5.41) is 0. The second kappa shape index (κ2) is 5.31. The van der Waals surface area contributed by atoms with Gasteiger partial charge >= 0.3 is 6.18 Å². The lowest BCUT2D eigenvalue weighted by Gasteiger charge is -2.30. The molecule has 0 radical (unpaired) electrons. The summed E-state index contributed by atoms with van der Waals surface area (Å²) in [7, 11) is 1.44. The molecule has 0 saturated heterocycles. The van der Waals surface area contributed by atoms with Gasteiger partial charge in [-0.25, -0.2) is 0 Å². The molecule has 21 heavy (non-hydrogen) atoms. The summed E-state index contributed by atoms with van der Waals surface area (Å²) in [6, 6.07) is 3.41. The summed E-state index contributed by atoms with van der Waals surface area (Å²) in [6.07, 6.45) is -2.56. The number of hydrogen-bond acceptors (Lipinski definition) is 2. The molecule has 1 amide bonds. The number of amides is 1. The van der Waals surface area contributed by atoms with Gasteiger partial charge in [-0.3, -0.25) is 9.78 Å². The van der Waals surface area contributed by atoms with Crippen LogP contribution in [0, 0.1) is 12.3 Å². The van der Waals surface area contributed by atoms with Crippen molar-refractivity contribution < 1.29 is 18.0 Å². The molecule has 1 atom stereocenters. The van der Waals surface area contributed by atoms with Crippen molar-refractivity contribution in [1.82, 2.24) is 9.88 Å². The van der Waals surface area contributed by atoms with E-state index in [1.165, 1.54) is 11.9 Å². The number of rotatable bonds is 4. The Bertz CT molecular complexity index is 538. The van der Waals surface area contributed by atoms with Crippen molar-refractivity contribution >= 4 is 5.91 Å². The third-order valence-corrected chi connectivity index (χ3v) is 4.16. The molecule has 116 valence electrons. The Morgan fingerprint density at radius 2 is 2.10 bits per heavy atom. The van der Waals surface area contributed by atoms with E-state index in [0.29, 0.717) is 6.42 Å². The summed E-state index contributed by atoms with van der Waals surface area (Å²) >= 11 is 0. The molecule has 2 rings (SSSR count). The highest BCUT2D eigenvalue weighted by atomic mass is 19.4. The van der Waals surface area contributed by atoms with Crippen LogP contribution in [0.3, 0.4) is 0 Å². The molecule has 0 aromatic carbocycles. The number of likely N-dealkylation sites (N-methyl/N-ethyl adjacent to an activating group) is 1. The number of nitrogens with zero attached hydrogens (tertiary/aromatic N) is 2. The van der Waals surface area contributed by atoms with Crippen LogP contribution in [0.4, 0.5) is 13.2 Å². The van der Waals surface area contributed by atoms with Gasteiger partial charge in [-0.15, -0.1) is 0 Å². The average molecular weight is 300 g/mol. The zero-order valence-electron chi connectivity index (χ0n) is 12.4. The minimum atomic E-state index is -4.46. The molecule has 1 aromatic rings. The van der Waals surface area contributed by atoms with E-state index in [1.54, 1.807) is 13.1 Å². The van der Waals surface area contributed by atoms with Crippen LogP contribution in [-0.2, 0) is 11.2 Å². The smallest absolute Gasteiger partial charge is 0.342 e. The maximum absolute atomic E-state index is 13.0. The van der Waals surface area contributed by atoms with E-state index in [1.807, 2.05) is 19.1 Å². The summed E-state index contributed by atoms with van der Waals surface area (Å²) in [5.41, 5.74) is -0.329. The summed E-state index contributed by atoms with van der Waals surface area (Å²) in [6.45, 7) is 3.67. The number of carbonyl (C=O) groups is 1. The van der Waals surface area contributed by atoms with E-state index in [0.717, 1.165) is 11.3 Å². The topological polar surface area (TPSA) is 33.2 Å². The Labute approximate surface area is 122 Å². The third kappa shape index (κ3) is 3.04. The lowest BCUT2D eigenvalue weighted by atomic mass is 10.0. The van der Waals surface area contributed by atoms with E-state index >= 15 is 0 Å². The van der Waals surface area contributed by atoms with Crippen LogP contribution in [0.15, 0.2) is 18.3 Å². The number of hydrogen-bond donors (Lipinski definition) is 0. The van der Waals surface area contributed by atoms with Gasteiger partial charge in [0.25, 0.3) is 0 Å². The number of aryl methyl sites for hydroxylation is 1. The fourth-order valence-corrected chi connectivity index (χ4v) is 2.43. The van der Waals surface area contributed by atoms with Crippen LogP contribution in [-0.4, -0.2) is 35.1 Å². The summed E-state index contributed by atoms with van der Waals surface area (Å²) < 4.78 is 39.0. The fourth-order valence-electron chi connectivity index (χ4n) is 2.43. The van der Waals surface area contributed by atoms with E-state index in [2.05, 4.69) is 4.98 Å². The second-order valence-electron chi connectivity index (χ2n) is 5.87. The highest BCUT2D eigenvalue weighted by molar-refractivity contribution is 5.86. The molecule has 6 heteroatoms. The van der Waals surface area contributed by atoms with Crippen LogP contribution >= 0.6 is 0 Å². The zero-order chi connectivity index (χ0) is 15.8. The SMILES string of the molecule is Cc1ccnc(C[C@@H](C)N(C)C(=O)C2(C(F)(F)F)CC2)c1. The molecule has 1 fully saturated rings. The number of pyridine rings is 1. The molecule has 0 unspecified atom stereocenters. The minimum Gasteiger partial charge on any atom is -0.342 e. The van der Waals surface area contributed by atoms with Gasteiger partial charge in [-0.2, -0.15) is 13.2 Å². The second-order valence-corrected chi connectivity index (χ2v) is 5.87. The average Bonchev–Trinajstić information content (AvgIpc) is 3.17. The van der Waals surface area contributed by atoms with Crippen LogP contribution in [0.1, 0.15) is 31.0 Å². The Kier molecular flexibility index (Phi) is 4.00. The first-order valence-electron chi connectivity index (χ1n) is 6.93. The lowest BCUT2D eigenvalue weighted by Crippen LogP contribution is -2.46. The molecular weight excluding hydrogens is 281 g/mol. The van der Waals surface area contributed by atoms with E-state index in [-0.39, 0.29) is 18.9 Å². The first-order valence-corrected chi connectivity index (χ1v) is 6.93. The van der Waals surface area contributed by atoms with Gasteiger partial charge in [0.15, 0.2) is 0 Å². The molecular formula is C15H19F3N2O. The highest BCUT2D eigenvalue weighted by Crippen LogP contribution is 2.58. The predicted molar refractivity (Wildman–Crippen MR) is 72.6 cm³/mol. The van der Waals surface area contributed by atoms with Crippen molar-refractivity contribution in [3.05, 3.63) is 29.6 Å². The Morgan fingerprint density at radius 3 is 2.57 bits per heavy atom. The zero-order valence-corrected chi connectivity index (χ0v) is 12.4. The molecule has 0 aliphatic heterocycles. The molecule has 1 heterocycles. The summed E-state index contributed by atoms with van der Waals surface area (Å²) in [4.78, 5) is 17.6. The third-order valence-electron chi connectivity index (χ3n) is 4.16. The molecule has 1 aliphatic carbocycles. The van der Waals surface area contributed by atoms with Crippen LogP contribution in [0.5, 0.6) is 0 Å². The van der Waals surface area contributed by atoms with E-state index in [9.17, 15) is 18.0 Å². The number of alkyl halides is 3. The first kappa shape index (κ1) is 15.8. The fraction of sp³-hybridized carbons (Fsp3) is 0.600. The van der Waals surface area contributed by atoms with Crippen molar-refractivity contribution in [2.75, 3.05) is 7.05 Å². The number of carbonyl (C=O) groups excluding carboxylic acids is 1. The largest absolute Gasteiger partial charge is 0.403 e. The highest BCUT2D eigenvalue weighted by Gasteiger charge is 2.69. The lowest BCUT2D eigenvalue weighted by molar-refractivity contribution is -0.198. The minimum absolute atomic E-state index is 0.102. The number of halogens is 3. The standard InChI is InChI=1S/C15H19F3N2O/c1-10-4-7-19-12(8-10)9-11(2)20(3)13(21)14(5-6-14)15(16,17)18/h4,7-8,11H,5-6,9H2,1-3H3/t11-/m1/s1. The first-order chi connectivity index (χ1) is 9.67. The summed E-state index contributed by atoms with van der Waals surface area (Å²) in [5.74, 6) is -0.824. The van der Waals surface area contributed by atoms with Gasteiger partial charge in [0, 0.05) is 31.4 Å². The maximum Gasteiger partial charge on any atom is 0.403 e. The molecule has 3 nitrogen and oxygen atoms in total. The predicted octanol–water partition coefficient (Wildman–Crippen LogP) is 3.12. The normalized spacial score (nSPS) is 18.2. The Hall–Kier alpha value is -1.59. The van der Waals surface area contributed by atoms with Crippen molar-refractivity contribution in [1.29, 1.82) is 0 Å². The monoisotopic (exact) mass is 300 g/mol. The molecule has 1 aromatic heterocycles. The Balaban J connectivity index is 2.06. The van der Waals surface area contributed by atoms with Crippen LogP contribution in [0.25, 0.3) is 0 Å². The van der Waals surface area contributed by atoms with Gasteiger partial charge in [0.05, 0.1) is 0 Å². The quantitative estimate of drug-likeness (QED) is 0.856.